The summed E-state index contributed by atoms with van der Waals surface area (Å²) >= 11 is 3.48. The highest BCUT2D eigenvalue weighted by Crippen LogP contribution is 2.27. The van der Waals surface area contributed by atoms with Crippen LogP contribution in [0.25, 0.3) is 0 Å². The Balaban J connectivity index is 2.18. The van der Waals surface area contributed by atoms with Crippen molar-refractivity contribution in [3.05, 3.63) is 63.6 Å². The van der Waals surface area contributed by atoms with E-state index in [1.165, 1.54) is 11.1 Å². The maximum absolute atomic E-state index is 6.02. The van der Waals surface area contributed by atoms with Crippen LogP contribution in [0.2, 0.25) is 0 Å². The highest BCUT2D eigenvalue weighted by atomic mass is 79.9. The molecule has 20 heavy (non-hydrogen) atoms. The van der Waals surface area contributed by atoms with Gasteiger partial charge in [-0.25, -0.2) is 0 Å². The number of aryl methyl sites for hydroxylation is 1. The van der Waals surface area contributed by atoms with Crippen LogP contribution in [0.1, 0.15) is 29.7 Å². The van der Waals surface area contributed by atoms with Crippen molar-refractivity contribution in [1.29, 1.82) is 0 Å². The molecular formula is C17H20BrNO. The Morgan fingerprint density at radius 2 is 2.00 bits per heavy atom. The second-order valence-corrected chi connectivity index (χ2v) is 5.89. The molecule has 2 aromatic carbocycles. The van der Waals surface area contributed by atoms with Gasteiger partial charge in [-0.05, 0) is 50.2 Å². The van der Waals surface area contributed by atoms with Crippen LogP contribution in [0.4, 0.5) is 0 Å². The topological polar surface area (TPSA) is 21.3 Å². The van der Waals surface area contributed by atoms with Gasteiger partial charge in [-0.1, -0.05) is 40.2 Å². The van der Waals surface area contributed by atoms with Crippen LogP contribution < -0.4 is 10.1 Å². The fourth-order valence-corrected chi connectivity index (χ4v) is 2.51. The van der Waals surface area contributed by atoms with Crippen molar-refractivity contribution < 1.29 is 4.74 Å². The number of nitrogens with one attached hydrogen (secondary N) is 1. The SMILES string of the molecule is CNC(C)c1ccc(C)cc1OCc1cccc(Br)c1. The zero-order valence-corrected chi connectivity index (χ0v) is 13.7. The molecule has 0 saturated heterocycles. The second-order valence-electron chi connectivity index (χ2n) is 4.97. The Bertz CT molecular complexity index is 583. The summed E-state index contributed by atoms with van der Waals surface area (Å²) in [5.41, 5.74) is 3.55. The van der Waals surface area contributed by atoms with Crippen molar-refractivity contribution in [3.63, 3.8) is 0 Å². The zero-order chi connectivity index (χ0) is 14.5. The number of ether oxygens (including phenoxy) is 1. The molecule has 3 heteroatoms. The fourth-order valence-electron chi connectivity index (χ4n) is 2.07. The number of hydrogen-bond acceptors (Lipinski definition) is 2. The van der Waals surface area contributed by atoms with E-state index in [-0.39, 0.29) is 6.04 Å². The number of hydrogen-bond donors (Lipinski definition) is 1. The lowest BCUT2D eigenvalue weighted by molar-refractivity contribution is 0.300. The molecule has 2 rings (SSSR count). The van der Waals surface area contributed by atoms with E-state index in [1.54, 1.807) is 0 Å². The third-order valence-corrected chi connectivity index (χ3v) is 3.85. The Morgan fingerprint density at radius 1 is 1.20 bits per heavy atom. The van der Waals surface area contributed by atoms with Crippen LogP contribution >= 0.6 is 15.9 Å². The van der Waals surface area contributed by atoms with E-state index in [1.807, 2.05) is 19.2 Å². The normalized spacial score (nSPS) is 12.2. The van der Waals surface area contributed by atoms with E-state index in [2.05, 4.69) is 65.4 Å². The van der Waals surface area contributed by atoms with Crippen molar-refractivity contribution in [2.45, 2.75) is 26.5 Å². The Labute approximate surface area is 129 Å². The average molecular weight is 334 g/mol. The van der Waals surface area contributed by atoms with Crippen molar-refractivity contribution in [1.82, 2.24) is 5.32 Å². The molecule has 0 aliphatic carbocycles. The van der Waals surface area contributed by atoms with Gasteiger partial charge >= 0.3 is 0 Å². The summed E-state index contributed by atoms with van der Waals surface area (Å²) in [6.07, 6.45) is 0. The molecule has 0 saturated carbocycles. The van der Waals surface area contributed by atoms with Gasteiger partial charge in [-0.3, -0.25) is 0 Å². The lowest BCUT2D eigenvalue weighted by Gasteiger charge is -2.17. The predicted molar refractivity (Wildman–Crippen MR) is 87.1 cm³/mol. The first-order valence-corrected chi connectivity index (χ1v) is 7.54. The van der Waals surface area contributed by atoms with Gasteiger partial charge in [-0.15, -0.1) is 0 Å². The molecule has 0 aliphatic heterocycles. The quantitative estimate of drug-likeness (QED) is 0.862. The largest absolute Gasteiger partial charge is 0.489 e. The first-order chi connectivity index (χ1) is 9.60. The van der Waals surface area contributed by atoms with Crippen LogP contribution in [0, 0.1) is 6.92 Å². The molecule has 2 nitrogen and oxygen atoms in total. The van der Waals surface area contributed by atoms with E-state index in [0.29, 0.717) is 6.61 Å². The molecule has 1 unspecified atom stereocenters. The van der Waals surface area contributed by atoms with Gasteiger partial charge in [0, 0.05) is 16.1 Å². The van der Waals surface area contributed by atoms with Crippen molar-refractivity contribution in [2.75, 3.05) is 7.05 Å². The predicted octanol–water partition coefficient (Wildman–Crippen LogP) is 4.62. The molecule has 0 radical (unpaired) electrons. The molecule has 0 aromatic heterocycles. The van der Waals surface area contributed by atoms with Gasteiger partial charge in [-0.2, -0.15) is 0 Å². The minimum atomic E-state index is 0.271. The highest BCUT2D eigenvalue weighted by Gasteiger charge is 2.10. The molecular weight excluding hydrogens is 314 g/mol. The summed E-state index contributed by atoms with van der Waals surface area (Å²) in [6, 6.07) is 14.8. The van der Waals surface area contributed by atoms with E-state index < -0.39 is 0 Å². The monoisotopic (exact) mass is 333 g/mol. The summed E-state index contributed by atoms with van der Waals surface area (Å²) in [5.74, 6) is 0.951. The summed E-state index contributed by atoms with van der Waals surface area (Å²) in [6.45, 7) is 4.79. The minimum Gasteiger partial charge on any atom is -0.489 e. The number of halogens is 1. The van der Waals surface area contributed by atoms with Crippen LogP contribution in [-0.2, 0) is 6.61 Å². The molecule has 1 atom stereocenters. The summed E-state index contributed by atoms with van der Waals surface area (Å²) < 4.78 is 7.10. The zero-order valence-electron chi connectivity index (χ0n) is 12.1. The first-order valence-electron chi connectivity index (χ1n) is 6.75. The number of rotatable bonds is 5. The molecule has 0 spiro atoms. The molecule has 0 heterocycles. The Kier molecular flexibility index (Phi) is 5.21. The highest BCUT2D eigenvalue weighted by molar-refractivity contribution is 9.10. The summed E-state index contributed by atoms with van der Waals surface area (Å²) in [4.78, 5) is 0. The molecule has 106 valence electrons. The molecule has 0 bridgehead atoms. The van der Waals surface area contributed by atoms with Crippen molar-refractivity contribution in [2.24, 2.45) is 0 Å². The molecule has 0 fully saturated rings. The van der Waals surface area contributed by atoms with Gasteiger partial charge in [0.15, 0.2) is 0 Å². The van der Waals surface area contributed by atoms with Crippen molar-refractivity contribution in [3.8, 4) is 5.75 Å². The van der Waals surface area contributed by atoms with Gasteiger partial charge in [0.25, 0.3) is 0 Å². The smallest absolute Gasteiger partial charge is 0.124 e. The lowest BCUT2D eigenvalue weighted by atomic mass is 10.1. The van der Waals surface area contributed by atoms with E-state index in [0.717, 1.165) is 15.8 Å². The molecule has 0 aliphatic rings. The third kappa shape index (κ3) is 3.84. The Hall–Kier alpha value is -1.32. The van der Waals surface area contributed by atoms with Crippen LogP contribution in [-0.4, -0.2) is 7.05 Å². The fraction of sp³-hybridized carbons (Fsp3) is 0.294. The molecule has 0 amide bonds. The molecule has 2 aromatic rings. The standard InChI is InChI=1S/C17H20BrNO/c1-12-7-8-16(13(2)19-3)17(9-12)20-11-14-5-4-6-15(18)10-14/h4-10,13,19H,11H2,1-3H3. The summed E-state index contributed by atoms with van der Waals surface area (Å²) in [5, 5.41) is 3.26. The Morgan fingerprint density at radius 3 is 2.70 bits per heavy atom. The van der Waals surface area contributed by atoms with E-state index in [9.17, 15) is 0 Å². The second kappa shape index (κ2) is 6.91. The van der Waals surface area contributed by atoms with Crippen LogP contribution in [0.5, 0.6) is 5.75 Å². The van der Waals surface area contributed by atoms with Crippen molar-refractivity contribution >= 4 is 15.9 Å². The molecule has 1 N–H and O–H groups in total. The van der Waals surface area contributed by atoms with Gasteiger partial charge < -0.3 is 10.1 Å². The van der Waals surface area contributed by atoms with Crippen LogP contribution in [0.15, 0.2) is 46.9 Å². The first kappa shape index (κ1) is 15.1. The van der Waals surface area contributed by atoms with Crippen LogP contribution in [0.3, 0.4) is 0 Å². The lowest BCUT2D eigenvalue weighted by Crippen LogP contribution is -2.13. The summed E-state index contributed by atoms with van der Waals surface area (Å²) in [7, 11) is 1.96. The third-order valence-electron chi connectivity index (χ3n) is 3.35. The van der Waals surface area contributed by atoms with Gasteiger partial charge in [0.2, 0.25) is 0 Å². The van der Waals surface area contributed by atoms with E-state index in [4.69, 9.17) is 4.74 Å². The minimum absolute atomic E-state index is 0.271. The maximum Gasteiger partial charge on any atom is 0.124 e. The average Bonchev–Trinajstić information content (AvgIpc) is 2.44. The van der Waals surface area contributed by atoms with Gasteiger partial charge in [0.05, 0.1) is 0 Å². The van der Waals surface area contributed by atoms with E-state index >= 15 is 0 Å². The van der Waals surface area contributed by atoms with Gasteiger partial charge in [0.1, 0.15) is 12.4 Å². The number of benzene rings is 2. The maximum atomic E-state index is 6.02.